The lowest BCUT2D eigenvalue weighted by molar-refractivity contribution is -0.122. The summed E-state index contributed by atoms with van der Waals surface area (Å²) in [6, 6.07) is 9.17. The highest BCUT2D eigenvalue weighted by molar-refractivity contribution is 7.89. The summed E-state index contributed by atoms with van der Waals surface area (Å²) in [5.74, 6) is -0.440. The Labute approximate surface area is 209 Å². The summed E-state index contributed by atoms with van der Waals surface area (Å²) >= 11 is 12.4. The summed E-state index contributed by atoms with van der Waals surface area (Å²) in [4.78, 5) is 27.5. The summed E-state index contributed by atoms with van der Waals surface area (Å²) in [6.45, 7) is 0. The van der Waals surface area contributed by atoms with E-state index in [4.69, 9.17) is 27.9 Å². The third kappa shape index (κ3) is 4.82. The molecule has 1 saturated heterocycles. The van der Waals surface area contributed by atoms with Crippen LogP contribution in [0.15, 0.2) is 47.4 Å². The van der Waals surface area contributed by atoms with Crippen molar-refractivity contribution in [3.63, 3.8) is 0 Å². The molecule has 4 rings (SSSR count). The second-order valence-electron chi connectivity index (χ2n) is 8.54. The Morgan fingerprint density at radius 1 is 0.971 bits per heavy atom. The number of amides is 2. The summed E-state index contributed by atoms with van der Waals surface area (Å²) in [6.07, 6.45) is 4.66. The Bertz CT molecular complexity index is 1180. The lowest BCUT2D eigenvalue weighted by Crippen LogP contribution is -2.50. The standard InChI is InChI=1S/C24H26Cl2N2O5S/c1-33-19-11-9-17(10-12-19)27-23(29)15-21(24(27)30)28(18-6-4-2-3-5-7-18)34(31,32)22-14-16(25)8-13-20(22)26/h8-14,18,21H,2-7,15H2,1H3. The molecule has 0 N–H and O–H groups in total. The molecule has 2 aromatic carbocycles. The number of imide groups is 1. The molecule has 1 unspecified atom stereocenters. The first-order valence-electron chi connectivity index (χ1n) is 11.2. The smallest absolute Gasteiger partial charge is 0.252 e. The fourth-order valence-electron chi connectivity index (χ4n) is 4.74. The van der Waals surface area contributed by atoms with Crippen molar-refractivity contribution in [1.29, 1.82) is 0 Å². The zero-order valence-corrected chi connectivity index (χ0v) is 21.1. The molecule has 2 fully saturated rings. The Hall–Kier alpha value is -2.13. The lowest BCUT2D eigenvalue weighted by Gasteiger charge is -2.34. The average molecular weight is 525 g/mol. The maximum atomic E-state index is 14.0. The highest BCUT2D eigenvalue weighted by atomic mass is 35.5. The largest absolute Gasteiger partial charge is 0.497 e. The van der Waals surface area contributed by atoms with Crippen LogP contribution in [0, 0.1) is 0 Å². The minimum absolute atomic E-state index is 0.0202. The van der Waals surface area contributed by atoms with Gasteiger partial charge >= 0.3 is 0 Å². The number of rotatable bonds is 6. The molecule has 1 heterocycles. The van der Waals surface area contributed by atoms with Crippen LogP contribution in [0.1, 0.15) is 44.9 Å². The maximum Gasteiger partial charge on any atom is 0.252 e. The van der Waals surface area contributed by atoms with E-state index < -0.39 is 33.9 Å². The van der Waals surface area contributed by atoms with Crippen LogP contribution in [0.25, 0.3) is 0 Å². The van der Waals surface area contributed by atoms with E-state index in [1.807, 2.05) is 0 Å². The number of halogens is 2. The van der Waals surface area contributed by atoms with E-state index >= 15 is 0 Å². The predicted octanol–water partition coefficient (Wildman–Crippen LogP) is 5.05. The fourth-order valence-corrected chi connectivity index (χ4v) is 7.30. The van der Waals surface area contributed by atoms with Gasteiger partial charge in [-0.3, -0.25) is 9.59 Å². The van der Waals surface area contributed by atoms with Crippen molar-refractivity contribution in [2.75, 3.05) is 12.0 Å². The first kappa shape index (κ1) is 25.0. The van der Waals surface area contributed by atoms with Gasteiger partial charge in [0.2, 0.25) is 15.9 Å². The van der Waals surface area contributed by atoms with Crippen LogP contribution in [0.2, 0.25) is 10.0 Å². The van der Waals surface area contributed by atoms with Gasteiger partial charge in [-0.25, -0.2) is 13.3 Å². The molecule has 2 aromatic rings. The van der Waals surface area contributed by atoms with E-state index in [9.17, 15) is 18.0 Å². The summed E-state index contributed by atoms with van der Waals surface area (Å²) < 4.78 is 34.3. The first-order valence-corrected chi connectivity index (χ1v) is 13.4. The average Bonchev–Trinajstić information content (AvgIpc) is 2.98. The molecule has 0 spiro atoms. The molecule has 1 atom stereocenters. The maximum absolute atomic E-state index is 14.0. The number of ether oxygens (including phenoxy) is 1. The van der Waals surface area contributed by atoms with E-state index in [2.05, 4.69) is 0 Å². The van der Waals surface area contributed by atoms with Crippen LogP contribution >= 0.6 is 23.2 Å². The Morgan fingerprint density at radius 3 is 2.24 bits per heavy atom. The summed E-state index contributed by atoms with van der Waals surface area (Å²) in [7, 11) is -2.71. The lowest BCUT2D eigenvalue weighted by atomic mass is 10.1. The summed E-state index contributed by atoms with van der Waals surface area (Å²) in [5, 5.41) is 0.240. The highest BCUT2D eigenvalue weighted by Crippen LogP contribution is 2.37. The molecule has 2 amide bonds. The minimum atomic E-state index is -4.23. The van der Waals surface area contributed by atoms with Crippen LogP contribution in [0.3, 0.4) is 0 Å². The minimum Gasteiger partial charge on any atom is -0.497 e. The third-order valence-corrected chi connectivity index (χ3v) is 9.07. The fraction of sp³-hybridized carbons (Fsp3) is 0.417. The molecule has 1 aliphatic heterocycles. The zero-order valence-electron chi connectivity index (χ0n) is 18.7. The van der Waals surface area contributed by atoms with Gasteiger partial charge in [0, 0.05) is 11.1 Å². The second kappa shape index (κ2) is 10.2. The van der Waals surface area contributed by atoms with E-state index in [0.29, 0.717) is 24.3 Å². The number of anilines is 1. The highest BCUT2D eigenvalue weighted by Gasteiger charge is 2.49. The second-order valence-corrected chi connectivity index (χ2v) is 11.2. The van der Waals surface area contributed by atoms with Gasteiger partial charge in [0.25, 0.3) is 5.91 Å². The van der Waals surface area contributed by atoms with Crippen molar-refractivity contribution in [2.45, 2.75) is 61.9 Å². The third-order valence-electron chi connectivity index (χ3n) is 6.39. The van der Waals surface area contributed by atoms with Gasteiger partial charge in [0.05, 0.1) is 24.2 Å². The molecule has 0 radical (unpaired) electrons. The van der Waals surface area contributed by atoms with E-state index in [-0.39, 0.29) is 21.4 Å². The Kier molecular flexibility index (Phi) is 7.52. The van der Waals surface area contributed by atoms with E-state index in [1.165, 1.54) is 29.6 Å². The van der Waals surface area contributed by atoms with Crippen molar-refractivity contribution in [1.82, 2.24) is 4.31 Å². The van der Waals surface area contributed by atoms with Crippen LogP contribution in [0.4, 0.5) is 5.69 Å². The topological polar surface area (TPSA) is 84.0 Å². The molecule has 1 saturated carbocycles. The number of benzene rings is 2. The number of nitrogens with zero attached hydrogens (tertiary/aromatic N) is 2. The van der Waals surface area contributed by atoms with Gasteiger partial charge in [-0.05, 0) is 55.3 Å². The van der Waals surface area contributed by atoms with Crippen molar-refractivity contribution in [3.8, 4) is 5.75 Å². The van der Waals surface area contributed by atoms with Gasteiger partial charge in [-0.1, -0.05) is 48.9 Å². The van der Waals surface area contributed by atoms with Crippen LogP contribution in [-0.2, 0) is 19.6 Å². The van der Waals surface area contributed by atoms with Gasteiger partial charge < -0.3 is 4.74 Å². The number of sulfonamides is 1. The monoisotopic (exact) mass is 524 g/mol. The van der Waals surface area contributed by atoms with Gasteiger partial charge in [0.15, 0.2) is 0 Å². The molecule has 182 valence electrons. The quantitative estimate of drug-likeness (QED) is 0.390. The van der Waals surface area contributed by atoms with Crippen molar-refractivity contribution in [3.05, 3.63) is 52.5 Å². The van der Waals surface area contributed by atoms with E-state index in [1.54, 1.807) is 24.3 Å². The molecule has 34 heavy (non-hydrogen) atoms. The van der Waals surface area contributed by atoms with E-state index in [0.717, 1.165) is 30.6 Å². The molecule has 1 aliphatic carbocycles. The number of hydrogen-bond acceptors (Lipinski definition) is 5. The van der Waals surface area contributed by atoms with Crippen molar-refractivity contribution < 1.29 is 22.7 Å². The molecule has 0 bridgehead atoms. The number of methoxy groups -OCH3 is 1. The molecule has 2 aliphatic rings. The normalized spacial score (nSPS) is 20.1. The Morgan fingerprint density at radius 2 is 1.62 bits per heavy atom. The van der Waals surface area contributed by atoms with Gasteiger partial charge in [-0.2, -0.15) is 4.31 Å². The SMILES string of the molecule is COc1ccc(N2C(=O)CC(N(C3CCCCCC3)S(=O)(=O)c3cc(Cl)ccc3Cl)C2=O)cc1. The van der Waals surface area contributed by atoms with Gasteiger partial charge in [-0.15, -0.1) is 0 Å². The molecular weight excluding hydrogens is 499 g/mol. The summed E-state index contributed by atoms with van der Waals surface area (Å²) in [5.41, 5.74) is 0.373. The zero-order chi connectivity index (χ0) is 24.5. The number of hydrogen-bond donors (Lipinski definition) is 0. The van der Waals surface area contributed by atoms with Gasteiger partial charge in [0.1, 0.15) is 16.7 Å². The molecule has 7 nitrogen and oxygen atoms in total. The van der Waals surface area contributed by atoms with Crippen molar-refractivity contribution >= 4 is 50.7 Å². The van der Waals surface area contributed by atoms with Crippen LogP contribution in [-0.4, -0.2) is 43.7 Å². The number of carbonyl (C=O) groups excluding carboxylic acids is 2. The van der Waals surface area contributed by atoms with Crippen molar-refractivity contribution in [2.24, 2.45) is 0 Å². The molecule has 0 aromatic heterocycles. The number of carbonyl (C=O) groups is 2. The van der Waals surface area contributed by atoms with Crippen LogP contribution in [0.5, 0.6) is 5.75 Å². The Balaban J connectivity index is 1.76. The molecular formula is C24H26Cl2N2O5S. The van der Waals surface area contributed by atoms with Crippen LogP contribution < -0.4 is 9.64 Å². The molecule has 10 heteroatoms. The first-order chi connectivity index (χ1) is 16.2. The predicted molar refractivity (Wildman–Crippen MR) is 131 cm³/mol.